The Hall–Kier alpha value is -0.693. The molecular formula is C19H29BrO4Si. The lowest BCUT2D eigenvalue weighted by Crippen LogP contribution is -2.55. The summed E-state index contributed by atoms with van der Waals surface area (Å²) >= 11 is 3.50. The van der Waals surface area contributed by atoms with Crippen molar-refractivity contribution < 1.29 is 18.7 Å². The fourth-order valence-corrected chi connectivity index (χ4v) is 4.65. The van der Waals surface area contributed by atoms with Crippen LogP contribution in [0.3, 0.4) is 0 Å². The zero-order chi connectivity index (χ0) is 18.8. The Kier molecular flexibility index (Phi) is 6.52. The Bertz CT molecular complexity index is 585. The van der Waals surface area contributed by atoms with Gasteiger partial charge in [0.15, 0.2) is 8.32 Å². The largest absolute Gasteiger partial charge is 0.456 e. The molecule has 0 aliphatic carbocycles. The van der Waals surface area contributed by atoms with Crippen LogP contribution in [-0.4, -0.2) is 37.6 Å². The van der Waals surface area contributed by atoms with Crippen molar-refractivity contribution in [3.63, 3.8) is 0 Å². The summed E-state index contributed by atoms with van der Waals surface area (Å²) < 4.78 is 18.3. The molecule has 0 saturated carbocycles. The molecule has 1 fully saturated rings. The van der Waals surface area contributed by atoms with Gasteiger partial charge < -0.3 is 13.9 Å². The average molecular weight is 429 g/mol. The van der Waals surface area contributed by atoms with Crippen LogP contribution < -0.4 is 0 Å². The van der Waals surface area contributed by atoms with Crippen LogP contribution in [0.15, 0.2) is 30.3 Å². The van der Waals surface area contributed by atoms with Crippen molar-refractivity contribution in [1.82, 2.24) is 0 Å². The second-order valence-electron chi connectivity index (χ2n) is 8.14. The van der Waals surface area contributed by atoms with Gasteiger partial charge in [0, 0.05) is 6.42 Å². The predicted molar refractivity (Wildman–Crippen MR) is 106 cm³/mol. The number of benzene rings is 1. The summed E-state index contributed by atoms with van der Waals surface area (Å²) in [6, 6.07) is 9.08. The lowest BCUT2D eigenvalue weighted by Gasteiger charge is -2.45. The topological polar surface area (TPSA) is 44.8 Å². The third kappa shape index (κ3) is 5.15. The molecule has 140 valence electrons. The SMILES string of the molecule is C[C@@H]1O[C@@H](Br)C[C@H](OC(=O)c2ccccc2)[C@H]1O[Si](C)(C)C(C)(C)C. The minimum Gasteiger partial charge on any atom is -0.456 e. The zero-order valence-corrected chi connectivity index (χ0v) is 18.5. The molecule has 1 saturated heterocycles. The van der Waals surface area contributed by atoms with Crippen molar-refractivity contribution in [2.24, 2.45) is 0 Å². The van der Waals surface area contributed by atoms with Gasteiger partial charge in [-0.25, -0.2) is 4.79 Å². The summed E-state index contributed by atoms with van der Waals surface area (Å²) in [6.45, 7) is 13.0. The molecule has 1 aromatic rings. The Labute approximate surface area is 160 Å². The highest BCUT2D eigenvalue weighted by Gasteiger charge is 2.46. The highest BCUT2D eigenvalue weighted by Crippen LogP contribution is 2.40. The Morgan fingerprint density at radius 3 is 2.40 bits per heavy atom. The third-order valence-corrected chi connectivity index (χ3v) is 10.2. The van der Waals surface area contributed by atoms with Crippen LogP contribution in [0.1, 0.15) is 44.5 Å². The number of halogens is 1. The first-order valence-electron chi connectivity index (χ1n) is 8.74. The van der Waals surface area contributed by atoms with Gasteiger partial charge in [-0.3, -0.25) is 0 Å². The number of hydrogen-bond donors (Lipinski definition) is 0. The predicted octanol–water partition coefficient (Wildman–Crippen LogP) is 5.13. The van der Waals surface area contributed by atoms with E-state index < -0.39 is 8.32 Å². The van der Waals surface area contributed by atoms with Crippen LogP contribution in [0.25, 0.3) is 0 Å². The number of hydrogen-bond acceptors (Lipinski definition) is 4. The van der Waals surface area contributed by atoms with Crippen molar-refractivity contribution in [2.75, 3.05) is 0 Å². The fourth-order valence-electron chi connectivity index (χ4n) is 2.57. The van der Waals surface area contributed by atoms with E-state index >= 15 is 0 Å². The lowest BCUT2D eigenvalue weighted by molar-refractivity contribution is -0.133. The highest BCUT2D eigenvalue weighted by atomic mass is 79.9. The first-order chi connectivity index (χ1) is 11.5. The summed E-state index contributed by atoms with van der Waals surface area (Å²) in [5.41, 5.74) is 0.554. The maximum atomic E-state index is 12.5. The molecule has 25 heavy (non-hydrogen) atoms. The van der Waals surface area contributed by atoms with E-state index in [0.29, 0.717) is 12.0 Å². The minimum atomic E-state index is -2.01. The molecule has 0 bridgehead atoms. The van der Waals surface area contributed by atoms with Gasteiger partial charge in [0.25, 0.3) is 0 Å². The molecule has 0 N–H and O–H groups in total. The average Bonchev–Trinajstić information content (AvgIpc) is 2.50. The van der Waals surface area contributed by atoms with Crippen molar-refractivity contribution >= 4 is 30.2 Å². The van der Waals surface area contributed by atoms with Crippen LogP contribution in [0.4, 0.5) is 0 Å². The van der Waals surface area contributed by atoms with Crippen LogP contribution in [0.2, 0.25) is 18.1 Å². The van der Waals surface area contributed by atoms with E-state index in [0.717, 1.165) is 0 Å². The Balaban J connectivity index is 2.18. The molecule has 4 nitrogen and oxygen atoms in total. The van der Waals surface area contributed by atoms with E-state index in [1.807, 2.05) is 25.1 Å². The maximum Gasteiger partial charge on any atom is 0.338 e. The highest BCUT2D eigenvalue weighted by molar-refractivity contribution is 9.09. The maximum absolute atomic E-state index is 12.5. The molecule has 1 heterocycles. The lowest BCUT2D eigenvalue weighted by atomic mass is 10.0. The van der Waals surface area contributed by atoms with Crippen molar-refractivity contribution in [3.05, 3.63) is 35.9 Å². The minimum absolute atomic E-state index is 0.0754. The van der Waals surface area contributed by atoms with Gasteiger partial charge in [-0.05, 0) is 37.2 Å². The second kappa shape index (κ2) is 7.90. The standard InChI is InChI=1S/C19H29BrO4Si/c1-13-17(24-25(5,6)19(2,3)4)15(12-16(20)22-13)23-18(21)14-10-8-7-9-11-14/h7-11,13,15-17H,12H2,1-6H3/t13-,15-,16+,17-/m0/s1. The molecule has 0 unspecified atom stereocenters. The Morgan fingerprint density at radius 1 is 1.24 bits per heavy atom. The summed E-state index contributed by atoms with van der Waals surface area (Å²) in [4.78, 5) is 12.5. The normalized spacial score (nSPS) is 27.8. The molecule has 1 aliphatic heterocycles. The van der Waals surface area contributed by atoms with E-state index in [1.54, 1.807) is 12.1 Å². The van der Waals surface area contributed by atoms with Gasteiger partial charge in [0.05, 0.1) is 11.7 Å². The van der Waals surface area contributed by atoms with Crippen LogP contribution in [0, 0.1) is 0 Å². The molecule has 0 aromatic heterocycles. The van der Waals surface area contributed by atoms with Crippen molar-refractivity contribution in [1.29, 1.82) is 0 Å². The number of rotatable bonds is 4. The van der Waals surface area contributed by atoms with Crippen molar-refractivity contribution in [3.8, 4) is 0 Å². The van der Waals surface area contributed by atoms with Gasteiger partial charge in [-0.2, -0.15) is 0 Å². The van der Waals surface area contributed by atoms with Crippen LogP contribution in [-0.2, 0) is 13.9 Å². The summed E-state index contributed by atoms with van der Waals surface area (Å²) in [6.07, 6.45) is -0.180. The monoisotopic (exact) mass is 428 g/mol. The van der Waals surface area contributed by atoms with Gasteiger partial charge in [-0.1, -0.05) is 54.9 Å². The number of carbonyl (C=O) groups is 1. The molecule has 1 aromatic carbocycles. The third-order valence-electron chi connectivity index (χ3n) is 5.11. The van der Waals surface area contributed by atoms with Gasteiger partial charge in [0.1, 0.15) is 17.2 Å². The van der Waals surface area contributed by atoms with E-state index in [1.165, 1.54) is 0 Å². The molecule has 6 heteroatoms. The molecule has 0 radical (unpaired) electrons. The Morgan fingerprint density at radius 2 is 1.84 bits per heavy atom. The molecule has 2 rings (SSSR count). The van der Waals surface area contributed by atoms with E-state index in [4.69, 9.17) is 13.9 Å². The molecule has 4 atom stereocenters. The molecule has 1 aliphatic rings. The van der Waals surface area contributed by atoms with Gasteiger partial charge >= 0.3 is 5.97 Å². The first kappa shape index (κ1) is 20.6. The molecule has 0 spiro atoms. The number of ether oxygens (including phenoxy) is 2. The number of carbonyl (C=O) groups excluding carboxylic acids is 1. The second-order valence-corrected chi connectivity index (χ2v) is 13.9. The first-order valence-corrected chi connectivity index (χ1v) is 12.6. The van der Waals surface area contributed by atoms with Crippen LogP contribution >= 0.6 is 15.9 Å². The van der Waals surface area contributed by atoms with Crippen LogP contribution in [0.5, 0.6) is 0 Å². The molecule has 0 amide bonds. The van der Waals surface area contributed by atoms with Crippen molar-refractivity contribution in [2.45, 2.75) is 75.6 Å². The number of esters is 1. The summed E-state index contributed by atoms with van der Waals surface area (Å²) in [5.74, 6) is -0.316. The molecular weight excluding hydrogens is 400 g/mol. The van der Waals surface area contributed by atoms with E-state index in [-0.39, 0.29) is 34.3 Å². The fraction of sp³-hybridized carbons (Fsp3) is 0.632. The quantitative estimate of drug-likeness (QED) is 0.378. The zero-order valence-electron chi connectivity index (χ0n) is 15.9. The van der Waals surface area contributed by atoms with E-state index in [2.05, 4.69) is 49.8 Å². The summed E-state index contributed by atoms with van der Waals surface area (Å²) in [7, 11) is -2.01. The smallest absolute Gasteiger partial charge is 0.338 e. The van der Waals surface area contributed by atoms with Gasteiger partial charge in [-0.15, -0.1) is 0 Å². The van der Waals surface area contributed by atoms with Gasteiger partial charge in [0.2, 0.25) is 0 Å². The van der Waals surface area contributed by atoms with E-state index in [9.17, 15) is 4.79 Å². The number of alkyl halides is 1. The summed E-state index contributed by atoms with van der Waals surface area (Å²) in [5, 5.41) is -0.0678.